The van der Waals surface area contributed by atoms with Crippen LogP contribution in [0.3, 0.4) is 0 Å². The Hall–Kier alpha value is -4.60. The summed E-state index contributed by atoms with van der Waals surface area (Å²) in [5, 5.41) is 9.82. The van der Waals surface area contributed by atoms with E-state index in [1.807, 2.05) is 30.3 Å². The molecule has 10 heteroatoms. The summed E-state index contributed by atoms with van der Waals surface area (Å²) in [4.78, 5) is 38.9. The largest absolute Gasteiger partial charge is 0.486 e. The van der Waals surface area contributed by atoms with Crippen LogP contribution in [0.2, 0.25) is 0 Å². The third kappa shape index (κ3) is 4.40. The van der Waals surface area contributed by atoms with Gasteiger partial charge in [-0.15, -0.1) is 0 Å². The number of anilines is 1. The highest BCUT2D eigenvalue weighted by molar-refractivity contribution is 5.99. The van der Waals surface area contributed by atoms with E-state index in [1.54, 1.807) is 36.4 Å². The van der Waals surface area contributed by atoms with Gasteiger partial charge in [0.05, 0.1) is 5.56 Å². The van der Waals surface area contributed by atoms with Crippen molar-refractivity contribution in [1.29, 1.82) is 0 Å². The Balaban J connectivity index is 1.35. The normalized spacial score (nSPS) is 12.4. The Morgan fingerprint density at radius 2 is 1.78 bits per heavy atom. The molecule has 0 saturated carbocycles. The maximum atomic E-state index is 13.2. The fraction of sp³-hybridized carbons (Fsp3) is 0.231. The lowest BCUT2D eigenvalue weighted by Crippen LogP contribution is -2.31. The van der Waals surface area contributed by atoms with Gasteiger partial charge in [0, 0.05) is 24.0 Å². The van der Waals surface area contributed by atoms with E-state index in [1.165, 1.54) is 6.33 Å². The van der Waals surface area contributed by atoms with Gasteiger partial charge in [0.15, 0.2) is 11.5 Å². The zero-order chi connectivity index (χ0) is 25.2. The molecule has 5 rings (SSSR count). The molecule has 0 unspecified atom stereocenters. The van der Waals surface area contributed by atoms with Crippen LogP contribution < -0.4 is 25.7 Å². The van der Waals surface area contributed by atoms with Crippen molar-refractivity contribution in [2.24, 2.45) is 0 Å². The Labute approximate surface area is 206 Å². The molecule has 0 bridgehead atoms. The summed E-state index contributed by atoms with van der Waals surface area (Å²) in [5.41, 5.74) is 2.89. The monoisotopic (exact) mass is 487 g/mol. The Morgan fingerprint density at radius 3 is 2.56 bits per heavy atom. The van der Waals surface area contributed by atoms with Gasteiger partial charge in [-0.05, 0) is 37.1 Å². The smallest absolute Gasteiger partial charge is 0.291 e. The summed E-state index contributed by atoms with van der Waals surface area (Å²) < 4.78 is 13.7. The molecule has 2 aromatic heterocycles. The van der Waals surface area contributed by atoms with Crippen LogP contribution in [0.25, 0.3) is 5.52 Å². The third-order valence-electron chi connectivity index (χ3n) is 6.08. The molecule has 1 aliphatic heterocycles. The number of ether oxygens (including phenoxy) is 2. The number of aryl methyl sites for hydroxylation is 2. The van der Waals surface area contributed by atoms with Gasteiger partial charge in [-0.25, -0.2) is 4.68 Å². The molecule has 10 nitrogen and oxygen atoms in total. The van der Waals surface area contributed by atoms with Gasteiger partial charge < -0.3 is 20.1 Å². The minimum Gasteiger partial charge on any atom is -0.486 e. The SMILES string of the molecule is Cc1c(C(=O)NCc2ccccc2)c(C)n2cnn(CC(=O)Nc3ccc4c(c3)OCCO4)c(=O)c12. The number of hydrogen-bond donors (Lipinski definition) is 2. The average Bonchev–Trinajstić information content (AvgIpc) is 3.14. The lowest BCUT2D eigenvalue weighted by molar-refractivity contribution is -0.117. The van der Waals surface area contributed by atoms with Crippen LogP contribution in [-0.4, -0.2) is 39.2 Å². The van der Waals surface area contributed by atoms with E-state index in [4.69, 9.17) is 9.47 Å². The van der Waals surface area contributed by atoms with Crippen LogP contribution in [0.5, 0.6) is 11.5 Å². The predicted molar refractivity (Wildman–Crippen MR) is 133 cm³/mol. The van der Waals surface area contributed by atoms with Crippen molar-refractivity contribution < 1.29 is 19.1 Å². The molecule has 0 radical (unpaired) electrons. The standard InChI is InChI=1S/C26H25N5O5/c1-16-23(25(33)27-13-18-6-4-3-5-7-18)17(2)30-15-28-31(26(34)24(16)30)14-22(32)29-19-8-9-20-21(12-19)36-11-10-35-20/h3-9,12,15H,10-11,13-14H2,1-2H3,(H,27,33)(H,29,32). The molecule has 0 saturated heterocycles. The molecular formula is C26H25N5O5. The molecule has 1 aliphatic rings. The van der Waals surface area contributed by atoms with Crippen LogP contribution in [-0.2, 0) is 17.9 Å². The molecule has 0 spiro atoms. The minimum atomic E-state index is -0.461. The second kappa shape index (κ2) is 9.57. The molecule has 36 heavy (non-hydrogen) atoms. The van der Waals surface area contributed by atoms with E-state index in [0.29, 0.717) is 59.3 Å². The number of benzene rings is 2. The maximum absolute atomic E-state index is 13.2. The Kier molecular flexibility index (Phi) is 6.16. The number of amides is 2. The summed E-state index contributed by atoms with van der Waals surface area (Å²) in [7, 11) is 0. The molecular weight excluding hydrogens is 462 g/mol. The molecule has 3 heterocycles. The van der Waals surface area contributed by atoms with Crippen LogP contribution in [0.15, 0.2) is 59.7 Å². The second-order valence-corrected chi connectivity index (χ2v) is 8.47. The van der Waals surface area contributed by atoms with E-state index in [9.17, 15) is 14.4 Å². The zero-order valence-electron chi connectivity index (χ0n) is 19.9. The summed E-state index contributed by atoms with van der Waals surface area (Å²) in [6.45, 7) is 4.48. The molecule has 0 aliphatic carbocycles. The quantitative estimate of drug-likeness (QED) is 0.432. The second-order valence-electron chi connectivity index (χ2n) is 8.47. The number of nitrogens with zero attached hydrogens (tertiary/aromatic N) is 3. The highest BCUT2D eigenvalue weighted by Gasteiger charge is 2.22. The zero-order valence-corrected chi connectivity index (χ0v) is 19.9. The van der Waals surface area contributed by atoms with Crippen molar-refractivity contribution in [2.75, 3.05) is 18.5 Å². The lowest BCUT2D eigenvalue weighted by atomic mass is 10.1. The molecule has 2 aromatic carbocycles. The first-order valence-corrected chi connectivity index (χ1v) is 11.5. The summed E-state index contributed by atoms with van der Waals surface area (Å²) >= 11 is 0. The number of hydrogen-bond acceptors (Lipinski definition) is 6. The maximum Gasteiger partial charge on any atom is 0.291 e. The fourth-order valence-corrected chi connectivity index (χ4v) is 4.33. The number of nitrogens with one attached hydrogen (secondary N) is 2. The molecule has 2 amide bonds. The van der Waals surface area contributed by atoms with Crippen molar-refractivity contribution in [3.63, 3.8) is 0 Å². The van der Waals surface area contributed by atoms with Crippen LogP contribution in [0, 0.1) is 13.8 Å². The molecule has 184 valence electrons. The first-order valence-electron chi connectivity index (χ1n) is 11.5. The molecule has 0 fully saturated rings. The van der Waals surface area contributed by atoms with Crippen LogP contribution in [0.1, 0.15) is 27.2 Å². The van der Waals surface area contributed by atoms with Gasteiger partial charge >= 0.3 is 0 Å². The van der Waals surface area contributed by atoms with Crippen LogP contribution >= 0.6 is 0 Å². The van der Waals surface area contributed by atoms with Gasteiger partial charge in [0.1, 0.15) is 31.6 Å². The average molecular weight is 488 g/mol. The number of aromatic nitrogens is 3. The number of rotatable bonds is 6. The predicted octanol–water partition coefficient (Wildman–Crippen LogP) is 2.45. The van der Waals surface area contributed by atoms with Crippen LogP contribution in [0.4, 0.5) is 5.69 Å². The van der Waals surface area contributed by atoms with Gasteiger partial charge in [-0.2, -0.15) is 5.10 Å². The highest BCUT2D eigenvalue weighted by atomic mass is 16.6. The van der Waals surface area contributed by atoms with E-state index < -0.39 is 11.5 Å². The molecule has 4 aromatic rings. The van der Waals surface area contributed by atoms with Gasteiger partial charge in [0.2, 0.25) is 5.91 Å². The van der Waals surface area contributed by atoms with Crippen molar-refractivity contribution in [2.45, 2.75) is 26.9 Å². The Bertz CT molecular complexity index is 1520. The topological polar surface area (TPSA) is 116 Å². The summed E-state index contributed by atoms with van der Waals surface area (Å²) in [6.07, 6.45) is 1.45. The van der Waals surface area contributed by atoms with Crippen molar-refractivity contribution in [3.05, 3.63) is 87.6 Å². The van der Waals surface area contributed by atoms with Gasteiger partial charge in [-0.3, -0.25) is 18.8 Å². The van der Waals surface area contributed by atoms with E-state index in [-0.39, 0.29) is 12.5 Å². The Morgan fingerprint density at radius 1 is 1.03 bits per heavy atom. The number of carbonyl (C=O) groups is 2. The summed E-state index contributed by atoms with van der Waals surface area (Å²) in [6, 6.07) is 14.7. The van der Waals surface area contributed by atoms with Gasteiger partial charge in [0.25, 0.3) is 11.5 Å². The van der Waals surface area contributed by atoms with Gasteiger partial charge in [-0.1, -0.05) is 30.3 Å². The van der Waals surface area contributed by atoms with Crippen molar-refractivity contribution in [1.82, 2.24) is 19.5 Å². The highest BCUT2D eigenvalue weighted by Crippen LogP contribution is 2.32. The van der Waals surface area contributed by atoms with E-state index >= 15 is 0 Å². The summed E-state index contributed by atoms with van der Waals surface area (Å²) in [5.74, 6) is 0.464. The lowest BCUT2D eigenvalue weighted by Gasteiger charge is -2.19. The molecule has 0 atom stereocenters. The first-order chi connectivity index (χ1) is 17.4. The van der Waals surface area contributed by atoms with Crippen molar-refractivity contribution in [3.8, 4) is 11.5 Å². The molecule has 2 N–H and O–H groups in total. The minimum absolute atomic E-state index is 0.278. The van der Waals surface area contributed by atoms with E-state index in [2.05, 4.69) is 15.7 Å². The third-order valence-corrected chi connectivity index (χ3v) is 6.08. The number of carbonyl (C=O) groups excluding carboxylic acids is 2. The number of fused-ring (bicyclic) bond motifs is 2. The fourth-order valence-electron chi connectivity index (χ4n) is 4.33. The first kappa shape index (κ1) is 23.2. The van der Waals surface area contributed by atoms with E-state index in [0.717, 1.165) is 10.2 Å². The van der Waals surface area contributed by atoms with Crippen molar-refractivity contribution >= 4 is 23.0 Å².